The van der Waals surface area contributed by atoms with Crippen molar-refractivity contribution in [3.8, 4) is 0 Å². The molecule has 0 atom stereocenters. The molecule has 1 aromatic carbocycles. The van der Waals surface area contributed by atoms with E-state index >= 15 is 0 Å². The summed E-state index contributed by atoms with van der Waals surface area (Å²) in [7, 11) is -3.55. The molecule has 1 aromatic heterocycles. The summed E-state index contributed by atoms with van der Waals surface area (Å²) in [5, 5.41) is 11.3. The smallest absolute Gasteiger partial charge is 0.339 e. The molecule has 0 spiro atoms. The van der Waals surface area contributed by atoms with Crippen molar-refractivity contribution < 1.29 is 22.7 Å². The number of carbonyl (C=O) groups is 1. The van der Waals surface area contributed by atoms with Gasteiger partial charge in [-0.1, -0.05) is 17.7 Å². The minimum atomic E-state index is -3.55. The van der Waals surface area contributed by atoms with E-state index in [0.29, 0.717) is 4.73 Å². The number of rotatable bonds is 6. The van der Waals surface area contributed by atoms with Crippen molar-refractivity contribution in [3.63, 3.8) is 0 Å². The number of aryl methyl sites for hydroxylation is 1. The number of nitrogens with zero attached hydrogens (tertiary/aromatic N) is 2. The number of esters is 1. The average Bonchev–Trinajstić information content (AvgIpc) is 2.53. The second kappa shape index (κ2) is 7.19. The minimum Gasteiger partial charge on any atom is -0.711 e. The first-order valence-electron chi connectivity index (χ1n) is 6.86. The van der Waals surface area contributed by atoms with E-state index in [0.717, 1.165) is 5.56 Å². The van der Waals surface area contributed by atoms with Gasteiger partial charge in [0.2, 0.25) is 0 Å². The normalized spacial score (nSPS) is 11.2. The molecule has 122 valence electrons. The minimum absolute atomic E-state index is 0.0299. The van der Waals surface area contributed by atoms with Crippen LogP contribution in [0.25, 0.3) is 0 Å². The zero-order valence-corrected chi connectivity index (χ0v) is 13.3. The highest BCUT2D eigenvalue weighted by atomic mass is 32.2. The van der Waals surface area contributed by atoms with Crippen LogP contribution in [0.4, 0.5) is 0 Å². The van der Waals surface area contributed by atoms with Gasteiger partial charge in [0.1, 0.15) is 6.20 Å². The summed E-state index contributed by atoms with van der Waals surface area (Å²) < 4.78 is 29.6. The first-order valence-corrected chi connectivity index (χ1v) is 8.52. The van der Waals surface area contributed by atoms with E-state index in [1.165, 1.54) is 30.6 Å². The van der Waals surface area contributed by atoms with Gasteiger partial charge in [-0.05, 0) is 24.0 Å². The third-order valence-corrected chi connectivity index (χ3v) is 4.83. The number of hydrogen-bond donors (Lipinski definition) is 0. The second-order valence-electron chi connectivity index (χ2n) is 4.90. The van der Waals surface area contributed by atoms with Crippen LogP contribution in [0.3, 0.4) is 0 Å². The van der Waals surface area contributed by atoms with E-state index < -0.39 is 15.8 Å². The Labute approximate surface area is 134 Å². The Morgan fingerprint density at radius 2 is 2.00 bits per heavy atom. The van der Waals surface area contributed by atoms with Crippen molar-refractivity contribution in [3.05, 3.63) is 59.3 Å². The zero-order valence-electron chi connectivity index (χ0n) is 12.5. The summed E-state index contributed by atoms with van der Waals surface area (Å²) >= 11 is 0. The van der Waals surface area contributed by atoms with E-state index in [4.69, 9.17) is 4.74 Å². The van der Waals surface area contributed by atoms with Crippen LogP contribution in [-0.2, 0) is 26.0 Å². The molecule has 2 rings (SSSR count). The van der Waals surface area contributed by atoms with Crippen molar-refractivity contribution >= 4 is 15.8 Å². The Kier molecular flexibility index (Phi) is 5.28. The third-order valence-electron chi connectivity index (χ3n) is 3.10. The molecular weight excluding hydrogens is 320 g/mol. The quantitative estimate of drug-likeness (QED) is 0.442. The standard InChI is InChI=1S/C15H16N2O5S/c1-12-3-5-13(6-4-12)23(20,21)10-7-15(18)22-11-14-16-8-2-9-17(14)19/h2-6,8-9H,7,10-11H2,1H3. The fraction of sp³-hybridized carbons (Fsp3) is 0.267. The van der Waals surface area contributed by atoms with Gasteiger partial charge in [-0.3, -0.25) is 4.79 Å². The molecule has 0 bridgehead atoms. The maximum absolute atomic E-state index is 12.1. The van der Waals surface area contributed by atoms with Crippen molar-refractivity contribution in [1.29, 1.82) is 0 Å². The molecule has 8 heteroatoms. The van der Waals surface area contributed by atoms with Gasteiger partial charge in [0.05, 0.1) is 23.3 Å². The van der Waals surface area contributed by atoms with Gasteiger partial charge in [0.25, 0.3) is 0 Å². The molecule has 0 unspecified atom stereocenters. The van der Waals surface area contributed by atoms with Crippen LogP contribution in [0.5, 0.6) is 0 Å². The molecule has 0 saturated carbocycles. The highest BCUT2D eigenvalue weighted by Gasteiger charge is 2.18. The van der Waals surface area contributed by atoms with E-state index in [2.05, 4.69) is 4.98 Å². The Bertz CT molecular complexity index is 788. The van der Waals surface area contributed by atoms with Crippen LogP contribution in [0.1, 0.15) is 17.8 Å². The second-order valence-corrected chi connectivity index (χ2v) is 7.01. The number of ether oxygens (including phenoxy) is 1. The molecule has 0 aliphatic carbocycles. The summed E-state index contributed by atoms with van der Waals surface area (Å²) in [6.45, 7) is 1.56. The monoisotopic (exact) mass is 336 g/mol. The van der Waals surface area contributed by atoms with Crippen LogP contribution < -0.4 is 4.73 Å². The fourth-order valence-electron chi connectivity index (χ4n) is 1.79. The van der Waals surface area contributed by atoms with Crippen molar-refractivity contribution in [2.75, 3.05) is 5.75 Å². The van der Waals surface area contributed by atoms with Gasteiger partial charge in [-0.2, -0.15) is 0 Å². The number of sulfone groups is 1. The van der Waals surface area contributed by atoms with Gasteiger partial charge >= 0.3 is 11.8 Å². The summed E-state index contributed by atoms with van der Waals surface area (Å²) in [4.78, 5) is 15.6. The van der Waals surface area contributed by atoms with Crippen LogP contribution in [-0.4, -0.2) is 25.1 Å². The predicted molar refractivity (Wildman–Crippen MR) is 80.8 cm³/mol. The van der Waals surface area contributed by atoms with Gasteiger partial charge in [0.15, 0.2) is 16.4 Å². The lowest BCUT2D eigenvalue weighted by Crippen LogP contribution is -2.33. The molecule has 2 aromatic rings. The molecule has 0 N–H and O–H groups in total. The van der Waals surface area contributed by atoms with Crippen molar-refractivity contribution in [2.45, 2.75) is 24.8 Å². The van der Waals surface area contributed by atoms with Crippen molar-refractivity contribution in [1.82, 2.24) is 4.98 Å². The Morgan fingerprint density at radius 1 is 1.30 bits per heavy atom. The lowest BCUT2D eigenvalue weighted by molar-refractivity contribution is -0.620. The highest BCUT2D eigenvalue weighted by molar-refractivity contribution is 7.91. The molecule has 23 heavy (non-hydrogen) atoms. The number of aromatic nitrogens is 2. The average molecular weight is 336 g/mol. The Balaban J connectivity index is 1.89. The van der Waals surface area contributed by atoms with Gasteiger partial charge < -0.3 is 9.94 Å². The predicted octanol–water partition coefficient (Wildman–Crippen LogP) is 0.931. The van der Waals surface area contributed by atoms with Crippen LogP contribution in [0.2, 0.25) is 0 Å². The van der Waals surface area contributed by atoms with Crippen LogP contribution >= 0.6 is 0 Å². The van der Waals surface area contributed by atoms with Crippen molar-refractivity contribution in [2.24, 2.45) is 0 Å². The lowest BCUT2D eigenvalue weighted by Gasteiger charge is -2.07. The molecule has 0 amide bonds. The highest BCUT2D eigenvalue weighted by Crippen LogP contribution is 2.13. The third kappa shape index (κ3) is 4.75. The molecule has 0 fully saturated rings. The molecular formula is C15H16N2O5S. The van der Waals surface area contributed by atoms with Crippen LogP contribution in [0.15, 0.2) is 47.6 Å². The SMILES string of the molecule is Cc1ccc(S(=O)(=O)CCC(=O)OCc2nccc[n+]2[O-])cc1. The molecule has 0 aliphatic rings. The summed E-state index contributed by atoms with van der Waals surface area (Å²) in [6.07, 6.45) is 2.35. The lowest BCUT2D eigenvalue weighted by atomic mass is 10.2. The van der Waals surface area contributed by atoms with E-state index in [1.807, 2.05) is 6.92 Å². The molecule has 7 nitrogen and oxygen atoms in total. The van der Waals surface area contributed by atoms with Gasteiger partial charge in [-0.15, -0.1) is 0 Å². The fourth-order valence-corrected chi connectivity index (χ4v) is 3.01. The molecule has 1 heterocycles. The topological polar surface area (TPSA) is 100 Å². The largest absolute Gasteiger partial charge is 0.711 e. The molecule has 0 saturated heterocycles. The van der Waals surface area contributed by atoms with Crippen LogP contribution in [0, 0.1) is 12.1 Å². The first-order chi connectivity index (χ1) is 10.9. The summed E-state index contributed by atoms with van der Waals surface area (Å²) in [5.74, 6) is -1.03. The Morgan fingerprint density at radius 3 is 2.65 bits per heavy atom. The summed E-state index contributed by atoms with van der Waals surface area (Å²) in [5.41, 5.74) is 0.949. The van der Waals surface area contributed by atoms with Gasteiger partial charge in [0, 0.05) is 6.07 Å². The van der Waals surface area contributed by atoms with E-state index in [1.54, 1.807) is 12.1 Å². The summed E-state index contributed by atoms with van der Waals surface area (Å²) in [6, 6.07) is 7.85. The maximum Gasteiger partial charge on any atom is 0.339 e. The van der Waals surface area contributed by atoms with E-state index in [-0.39, 0.29) is 29.5 Å². The number of carbonyl (C=O) groups excluding carboxylic acids is 1. The molecule has 0 aliphatic heterocycles. The van der Waals surface area contributed by atoms with E-state index in [9.17, 15) is 18.4 Å². The Hall–Kier alpha value is -2.48. The number of benzene rings is 1. The first kappa shape index (κ1) is 16.9. The maximum atomic E-state index is 12.1. The van der Waals surface area contributed by atoms with Gasteiger partial charge in [-0.25, -0.2) is 13.1 Å². The number of hydrogen-bond acceptors (Lipinski definition) is 6. The molecule has 0 radical (unpaired) electrons. The zero-order chi connectivity index (χ0) is 16.9.